The Bertz CT molecular complexity index is 1650. The molecule has 3 aromatic carbocycles. The first-order valence-electron chi connectivity index (χ1n) is 15.2. The molecule has 224 valence electrons. The zero-order chi connectivity index (χ0) is 30.0. The minimum Gasteiger partial charge on any atom is -0.657 e. The summed E-state index contributed by atoms with van der Waals surface area (Å²) in [5.41, 5.74) is 10.1. The van der Waals surface area contributed by atoms with Crippen molar-refractivity contribution in [2.24, 2.45) is 0 Å². The van der Waals surface area contributed by atoms with E-state index in [9.17, 15) is 0 Å². The number of pyridine rings is 1. The number of rotatable bonds is 6. The van der Waals surface area contributed by atoms with E-state index >= 15 is 0 Å². The topological polar surface area (TPSA) is 33.0 Å². The monoisotopic (exact) mass is 752 g/mol. The van der Waals surface area contributed by atoms with Crippen LogP contribution in [0.15, 0.2) is 91.5 Å². The predicted octanol–water partition coefficient (Wildman–Crippen LogP) is 10.2. The second-order valence-electron chi connectivity index (χ2n) is 12.3. The first-order valence-corrected chi connectivity index (χ1v) is 15.2. The van der Waals surface area contributed by atoms with Crippen LogP contribution in [0.1, 0.15) is 101 Å². The van der Waals surface area contributed by atoms with Gasteiger partial charge in [-0.15, -0.1) is 11.0 Å². The number of nitrogens with zero attached hydrogens (tertiary/aromatic N) is 4. The van der Waals surface area contributed by atoms with Crippen LogP contribution in [0.5, 0.6) is 0 Å². The quantitative estimate of drug-likeness (QED) is 0.128. The van der Waals surface area contributed by atoms with Crippen molar-refractivity contribution in [3.63, 3.8) is 0 Å². The SMILES string of the molecule is CC(C)c1cccc(C(C)C)c1[N+]1=C=[N+](c2c(C(C)C)cccc2C(C)C)C=C1.[Au+].c1ccc2c(c1)[n-]c1ccncc12. The minimum atomic E-state index is 0. The van der Waals surface area contributed by atoms with Crippen molar-refractivity contribution in [2.45, 2.75) is 79.1 Å². The largest absolute Gasteiger partial charge is 1.00 e. The third-order valence-corrected chi connectivity index (χ3v) is 7.98. The molecule has 0 N–H and O–H groups in total. The van der Waals surface area contributed by atoms with Gasteiger partial charge in [-0.2, -0.15) is 0 Å². The van der Waals surface area contributed by atoms with Gasteiger partial charge in [0.15, 0.2) is 0 Å². The summed E-state index contributed by atoms with van der Waals surface area (Å²) in [6.45, 7) is 18.2. The molecule has 43 heavy (non-hydrogen) atoms. The zero-order valence-electron chi connectivity index (χ0n) is 26.6. The van der Waals surface area contributed by atoms with E-state index < -0.39 is 0 Å². The second kappa shape index (κ2) is 13.8. The van der Waals surface area contributed by atoms with Gasteiger partial charge in [-0.3, -0.25) is 4.98 Å². The molecule has 0 aliphatic carbocycles. The summed E-state index contributed by atoms with van der Waals surface area (Å²) in [5.74, 6) is 1.84. The molecule has 1 aliphatic rings. The smallest absolute Gasteiger partial charge is 0.657 e. The molecule has 0 spiro atoms. The van der Waals surface area contributed by atoms with Crippen LogP contribution in [-0.4, -0.2) is 20.1 Å². The van der Waals surface area contributed by atoms with E-state index in [1.54, 1.807) is 6.20 Å². The molecule has 5 heteroatoms. The Morgan fingerprint density at radius 3 is 1.47 bits per heavy atom. The molecular weight excluding hydrogens is 709 g/mol. The fraction of sp³-hybridized carbons (Fsp3) is 0.316. The van der Waals surface area contributed by atoms with Gasteiger partial charge in [0.25, 0.3) is 12.4 Å². The molecule has 0 bridgehead atoms. The Labute approximate surface area is 272 Å². The third kappa shape index (κ3) is 6.69. The van der Waals surface area contributed by atoms with Crippen molar-refractivity contribution in [3.8, 4) is 0 Å². The van der Waals surface area contributed by atoms with E-state index in [-0.39, 0.29) is 22.4 Å². The van der Waals surface area contributed by atoms with Crippen LogP contribution >= 0.6 is 0 Å². The average Bonchev–Trinajstić information content (AvgIpc) is 3.61. The van der Waals surface area contributed by atoms with Gasteiger partial charge in [0, 0.05) is 34.6 Å². The fourth-order valence-corrected chi connectivity index (χ4v) is 5.77. The van der Waals surface area contributed by atoms with Crippen LogP contribution in [0.25, 0.3) is 21.8 Å². The van der Waals surface area contributed by atoms with Crippen LogP contribution in [0.3, 0.4) is 0 Å². The number of benzene rings is 3. The molecule has 0 amide bonds. The van der Waals surface area contributed by atoms with Crippen molar-refractivity contribution < 1.29 is 31.5 Å². The molecule has 0 fully saturated rings. The Balaban J connectivity index is 0.000000250. The summed E-state index contributed by atoms with van der Waals surface area (Å²) in [4.78, 5) is 8.57. The van der Waals surface area contributed by atoms with Gasteiger partial charge in [-0.1, -0.05) is 131 Å². The normalized spacial score (nSPS) is 12.7. The maximum Gasteiger partial charge on any atom is 1.00 e. The summed E-state index contributed by atoms with van der Waals surface area (Å²) in [5, 5.41) is 2.32. The maximum atomic E-state index is 4.48. The maximum absolute atomic E-state index is 4.48. The van der Waals surface area contributed by atoms with Crippen LogP contribution in [-0.2, 0) is 22.4 Å². The summed E-state index contributed by atoms with van der Waals surface area (Å²) < 4.78 is 4.40. The molecule has 0 unspecified atom stereocenters. The first kappa shape index (κ1) is 32.4. The Hall–Kier alpha value is -3.53. The van der Waals surface area contributed by atoms with Crippen LogP contribution in [0.2, 0.25) is 0 Å². The van der Waals surface area contributed by atoms with E-state index in [0.717, 1.165) is 16.4 Å². The van der Waals surface area contributed by atoms with Crippen molar-refractivity contribution in [3.05, 3.63) is 114 Å². The van der Waals surface area contributed by atoms with Crippen LogP contribution in [0, 0.1) is 0 Å². The van der Waals surface area contributed by atoms with Gasteiger partial charge in [0.2, 0.25) is 11.4 Å². The molecule has 6 rings (SSSR count). The predicted molar refractivity (Wildman–Crippen MR) is 176 cm³/mol. The molecule has 0 atom stereocenters. The average molecular weight is 753 g/mol. The Morgan fingerprint density at radius 2 is 1.00 bits per heavy atom. The van der Waals surface area contributed by atoms with Crippen molar-refractivity contribution >= 4 is 39.2 Å². The van der Waals surface area contributed by atoms with Crippen LogP contribution in [0.4, 0.5) is 11.4 Å². The summed E-state index contributed by atoms with van der Waals surface area (Å²) >= 11 is 0. The molecule has 3 heterocycles. The molecule has 2 aromatic heterocycles. The molecule has 0 saturated heterocycles. The number of fused-ring (bicyclic) bond motifs is 3. The summed E-state index contributed by atoms with van der Waals surface area (Å²) in [6.07, 6.45) is 7.96. The van der Waals surface area contributed by atoms with Crippen LogP contribution < -0.4 is 4.98 Å². The third-order valence-electron chi connectivity index (χ3n) is 7.98. The molecule has 5 aromatic rings. The van der Waals surface area contributed by atoms with E-state index in [4.69, 9.17) is 0 Å². The van der Waals surface area contributed by atoms with E-state index in [1.807, 2.05) is 30.5 Å². The van der Waals surface area contributed by atoms with E-state index in [0.29, 0.717) is 23.7 Å². The zero-order valence-corrected chi connectivity index (χ0v) is 28.7. The van der Waals surface area contributed by atoms with Crippen molar-refractivity contribution in [1.29, 1.82) is 0 Å². The summed E-state index contributed by atoms with van der Waals surface area (Å²) in [7, 11) is 0. The summed E-state index contributed by atoms with van der Waals surface area (Å²) in [6, 6.07) is 27.1. The number of hydrogen-bond donors (Lipinski definition) is 0. The van der Waals surface area contributed by atoms with Gasteiger partial charge >= 0.3 is 28.4 Å². The van der Waals surface area contributed by atoms with Gasteiger partial charge in [0.1, 0.15) is 0 Å². The van der Waals surface area contributed by atoms with Gasteiger partial charge in [-0.05, 0) is 34.4 Å². The fourth-order valence-electron chi connectivity index (χ4n) is 5.77. The Morgan fingerprint density at radius 1 is 0.558 bits per heavy atom. The number of para-hydroxylation sites is 3. The molecule has 1 aliphatic heterocycles. The Kier molecular flexibility index (Phi) is 10.4. The van der Waals surface area contributed by atoms with Crippen molar-refractivity contribution in [1.82, 2.24) is 9.97 Å². The van der Waals surface area contributed by atoms with Gasteiger partial charge in [-0.25, -0.2) is 0 Å². The minimum absolute atomic E-state index is 0. The van der Waals surface area contributed by atoms with E-state index in [1.165, 1.54) is 39.0 Å². The van der Waals surface area contributed by atoms with Crippen molar-refractivity contribution in [2.75, 3.05) is 0 Å². The molecule has 4 nitrogen and oxygen atoms in total. The number of aromatic nitrogens is 2. The van der Waals surface area contributed by atoms with E-state index in [2.05, 4.69) is 135 Å². The number of hydrogen-bond acceptors (Lipinski definition) is 1. The molecule has 0 saturated carbocycles. The standard InChI is InChI=1S/C27H36N2.C11H7N2.Au/c1-18(2)22-11-9-12-23(19(3)4)26(22)28-15-16-29(17-28)27-24(20(5)6)13-10-14-25(27)21(7)8;1-2-4-10-8(3-1)9-7-12-6-5-11(9)13-10;/h9-16,18-21H,1-8H3;1-7H;/q+2;-1;+1. The first-order chi connectivity index (χ1) is 20.2. The molecular formula is C38H43AuN4+2. The van der Waals surface area contributed by atoms with Gasteiger partial charge < -0.3 is 4.98 Å². The van der Waals surface area contributed by atoms with Gasteiger partial charge in [0.05, 0.1) is 0 Å². The molecule has 0 radical (unpaired) electrons. The second-order valence-corrected chi connectivity index (χ2v) is 12.3.